The molecule has 5 heteroatoms. The number of hydrogen-bond acceptors (Lipinski definition) is 4. The van der Waals surface area contributed by atoms with Crippen LogP contribution in [0.2, 0.25) is 0 Å². The van der Waals surface area contributed by atoms with Gasteiger partial charge in [-0.25, -0.2) is 9.37 Å². The van der Waals surface area contributed by atoms with Gasteiger partial charge >= 0.3 is 0 Å². The van der Waals surface area contributed by atoms with Crippen molar-refractivity contribution in [2.24, 2.45) is 5.73 Å². The van der Waals surface area contributed by atoms with Crippen LogP contribution < -0.4 is 10.5 Å². The molecule has 0 atom stereocenters. The maximum atomic E-state index is 13.3. The Morgan fingerprint density at radius 1 is 1.39 bits per heavy atom. The smallest absolute Gasteiger partial charge is 0.165 e. The molecule has 0 aliphatic rings. The standard InChI is InChI=1S/C13H15FN2OS/c1-2-10-12(7-15)18-13(16-10)8-17-11-6-4-3-5-9(11)14/h3-6H,2,7-8,15H2,1H3. The number of nitrogens with zero attached hydrogens (tertiary/aromatic N) is 1. The van der Waals surface area contributed by atoms with Gasteiger partial charge in [-0.05, 0) is 18.6 Å². The van der Waals surface area contributed by atoms with E-state index in [1.165, 1.54) is 17.4 Å². The number of benzene rings is 1. The summed E-state index contributed by atoms with van der Waals surface area (Å²) in [5.41, 5.74) is 6.65. The maximum absolute atomic E-state index is 13.3. The molecule has 0 unspecified atom stereocenters. The van der Waals surface area contributed by atoms with Gasteiger partial charge in [-0.3, -0.25) is 0 Å². The normalized spacial score (nSPS) is 10.6. The Labute approximate surface area is 109 Å². The fourth-order valence-electron chi connectivity index (χ4n) is 1.64. The van der Waals surface area contributed by atoms with E-state index in [0.29, 0.717) is 6.54 Å². The number of hydrogen-bond donors (Lipinski definition) is 1. The molecular formula is C13H15FN2OS. The van der Waals surface area contributed by atoms with Crippen molar-refractivity contribution in [2.75, 3.05) is 0 Å². The quantitative estimate of drug-likeness (QED) is 0.905. The van der Waals surface area contributed by atoms with Crippen molar-refractivity contribution in [1.82, 2.24) is 4.98 Å². The number of thiazole rings is 1. The zero-order valence-electron chi connectivity index (χ0n) is 10.1. The van der Waals surface area contributed by atoms with E-state index in [9.17, 15) is 4.39 Å². The zero-order chi connectivity index (χ0) is 13.0. The number of para-hydroxylation sites is 1. The predicted molar refractivity (Wildman–Crippen MR) is 70.1 cm³/mol. The van der Waals surface area contributed by atoms with Gasteiger partial charge in [-0.2, -0.15) is 0 Å². The Kier molecular flexibility index (Phi) is 4.28. The summed E-state index contributed by atoms with van der Waals surface area (Å²) in [4.78, 5) is 5.51. The Morgan fingerprint density at radius 3 is 2.78 bits per heavy atom. The van der Waals surface area contributed by atoms with Crippen molar-refractivity contribution in [3.05, 3.63) is 45.7 Å². The van der Waals surface area contributed by atoms with Gasteiger partial charge in [0.2, 0.25) is 0 Å². The van der Waals surface area contributed by atoms with E-state index in [1.54, 1.807) is 18.2 Å². The summed E-state index contributed by atoms with van der Waals surface area (Å²) in [6.45, 7) is 2.80. The van der Waals surface area contributed by atoms with Gasteiger partial charge in [0.05, 0.1) is 5.69 Å². The summed E-state index contributed by atoms with van der Waals surface area (Å²) in [6.07, 6.45) is 0.850. The molecule has 0 fully saturated rings. The first-order valence-electron chi connectivity index (χ1n) is 5.79. The second-order valence-electron chi connectivity index (χ2n) is 3.75. The van der Waals surface area contributed by atoms with Crippen molar-refractivity contribution in [3.63, 3.8) is 0 Å². The molecule has 1 heterocycles. The lowest BCUT2D eigenvalue weighted by Gasteiger charge is -2.04. The minimum atomic E-state index is -0.358. The lowest BCUT2D eigenvalue weighted by molar-refractivity contribution is 0.289. The molecular weight excluding hydrogens is 251 g/mol. The molecule has 2 N–H and O–H groups in total. The SMILES string of the molecule is CCc1nc(COc2ccccc2F)sc1CN. The molecule has 0 saturated carbocycles. The third kappa shape index (κ3) is 2.86. The van der Waals surface area contributed by atoms with Crippen LogP contribution in [0.15, 0.2) is 24.3 Å². The van der Waals surface area contributed by atoms with Crippen molar-refractivity contribution in [3.8, 4) is 5.75 Å². The van der Waals surface area contributed by atoms with Crippen LogP contribution in [0.25, 0.3) is 0 Å². The molecule has 0 amide bonds. The largest absolute Gasteiger partial charge is 0.483 e. The molecule has 1 aromatic carbocycles. The number of aryl methyl sites for hydroxylation is 1. The maximum Gasteiger partial charge on any atom is 0.165 e. The lowest BCUT2D eigenvalue weighted by atomic mass is 10.3. The Balaban J connectivity index is 2.06. The van der Waals surface area contributed by atoms with E-state index in [2.05, 4.69) is 4.98 Å². The van der Waals surface area contributed by atoms with Crippen LogP contribution in [0, 0.1) is 5.82 Å². The lowest BCUT2D eigenvalue weighted by Crippen LogP contribution is -1.97. The summed E-state index contributed by atoms with van der Waals surface area (Å²) in [7, 11) is 0. The number of rotatable bonds is 5. The number of aromatic nitrogens is 1. The highest BCUT2D eigenvalue weighted by Gasteiger charge is 2.09. The van der Waals surface area contributed by atoms with E-state index in [1.807, 2.05) is 6.92 Å². The van der Waals surface area contributed by atoms with Gasteiger partial charge in [0, 0.05) is 11.4 Å². The van der Waals surface area contributed by atoms with Gasteiger partial charge in [-0.15, -0.1) is 11.3 Å². The average Bonchev–Trinajstić information content (AvgIpc) is 2.80. The van der Waals surface area contributed by atoms with Gasteiger partial charge in [0.1, 0.15) is 11.6 Å². The molecule has 0 spiro atoms. The Hall–Kier alpha value is -1.46. The van der Waals surface area contributed by atoms with Gasteiger partial charge in [0.25, 0.3) is 0 Å². The summed E-state index contributed by atoms with van der Waals surface area (Å²) in [5, 5.41) is 0.829. The number of ether oxygens (including phenoxy) is 1. The Bertz CT molecular complexity index is 506. The van der Waals surface area contributed by atoms with Gasteiger partial charge in [-0.1, -0.05) is 19.1 Å². The highest BCUT2D eigenvalue weighted by Crippen LogP contribution is 2.22. The summed E-state index contributed by atoms with van der Waals surface area (Å²) < 4.78 is 18.8. The summed E-state index contributed by atoms with van der Waals surface area (Å²) in [6, 6.07) is 6.35. The molecule has 1 aromatic heterocycles. The van der Waals surface area contributed by atoms with Crippen LogP contribution in [0.4, 0.5) is 4.39 Å². The first-order valence-corrected chi connectivity index (χ1v) is 6.61. The minimum Gasteiger partial charge on any atom is -0.483 e. The molecule has 0 saturated heterocycles. The third-order valence-corrected chi connectivity index (χ3v) is 3.62. The van der Waals surface area contributed by atoms with Crippen LogP contribution in [-0.2, 0) is 19.6 Å². The van der Waals surface area contributed by atoms with E-state index in [0.717, 1.165) is 22.0 Å². The van der Waals surface area contributed by atoms with Crippen LogP contribution in [0.5, 0.6) is 5.75 Å². The number of nitrogens with two attached hydrogens (primary N) is 1. The second-order valence-corrected chi connectivity index (χ2v) is 4.92. The second kappa shape index (κ2) is 5.93. The number of halogens is 1. The molecule has 2 rings (SSSR count). The van der Waals surface area contributed by atoms with E-state index < -0.39 is 0 Å². The topological polar surface area (TPSA) is 48.1 Å². The minimum absolute atomic E-state index is 0.250. The molecule has 0 bridgehead atoms. The van der Waals surface area contributed by atoms with Crippen LogP contribution in [-0.4, -0.2) is 4.98 Å². The molecule has 2 aromatic rings. The molecule has 0 aliphatic carbocycles. The monoisotopic (exact) mass is 266 g/mol. The predicted octanol–water partition coefficient (Wildman–Crippen LogP) is 2.88. The van der Waals surface area contributed by atoms with E-state index >= 15 is 0 Å². The highest BCUT2D eigenvalue weighted by molar-refractivity contribution is 7.11. The zero-order valence-corrected chi connectivity index (χ0v) is 11.0. The third-order valence-electron chi connectivity index (χ3n) is 2.53. The Morgan fingerprint density at radius 2 is 2.17 bits per heavy atom. The van der Waals surface area contributed by atoms with E-state index in [-0.39, 0.29) is 18.2 Å². The van der Waals surface area contributed by atoms with E-state index in [4.69, 9.17) is 10.5 Å². The fraction of sp³-hybridized carbons (Fsp3) is 0.308. The average molecular weight is 266 g/mol. The highest BCUT2D eigenvalue weighted by atomic mass is 32.1. The van der Waals surface area contributed by atoms with Gasteiger partial charge < -0.3 is 10.5 Å². The molecule has 0 aliphatic heterocycles. The molecule has 3 nitrogen and oxygen atoms in total. The molecule has 0 radical (unpaired) electrons. The first-order chi connectivity index (χ1) is 8.74. The molecule has 96 valence electrons. The summed E-state index contributed by atoms with van der Waals surface area (Å²) >= 11 is 1.53. The van der Waals surface area contributed by atoms with Crippen molar-refractivity contribution in [2.45, 2.75) is 26.5 Å². The fourth-order valence-corrected chi connectivity index (χ4v) is 2.58. The summed E-state index contributed by atoms with van der Waals surface area (Å²) in [5.74, 6) is -0.108. The van der Waals surface area contributed by atoms with Crippen molar-refractivity contribution >= 4 is 11.3 Å². The van der Waals surface area contributed by atoms with Crippen LogP contribution in [0.1, 0.15) is 22.5 Å². The first kappa shape index (κ1) is 13.0. The van der Waals surface area contributed by atoms with Crippen LogP contribution >= 0.6 is 11.3 Å². The van der Waals surface area contributed by atoms with Crippen LogP contribution in [0.3, 0.4) is 0 Å². The van der Waals surface area contributed by atoms with Gasteiger partial charge in [0.15, 0.2) is 11.6 Å². The van der Waals surface area contributed by atoms with Crippen molar-refractivity contribution < 1.29 is 9.13 Å². The molecule has 18 heavy (non-hydrogen) atoms. The van der Waals surface area contributed by atoms with Crippen molar-refractivity contribution in [1.29, 1.82) is 0 Å².